The summed E-state index contributed by atoms with van der Waals surface area (Å²) in [6, 6.07) is 9.81. The molecule has 0 saturated heterocycles. The number of hydrogen-bond acceptors (Lipinski definition) is 2. The van der Waals surface area contributed by atoms with Crippen LogP contribution in [0.25, 0.3) is 0 Å². The van der Waals surface area contributed by atoms with Crippen molar-refractivity contribution in [3.63, 3.8) is 0 Å². The highest BCUT2D eigenvalue weighted by Gasteiger charge is 2.09. The highest BCUT2D eigenvalue weighted by molar-refractivity contribution is 6.31. The maximum absolute atomic E-state index is 13.7. The van der Waals surface area contributed by atoms with Gasteiger partial charge >= 0.3 is 0 Å². The molecular weight excluding hydrogens is 288 g/mol. The Morgan fingerprint density at radius 3 is 2.63 bits per heavy atom. The van der Waals surface area contributed by atoms with Crippen molar-refractivity contribution in [2.75, 3.05) is 7.05 Å². The standard InChI is InChI=1S/C14H12Cl2FNO/c1-18-8-9-5-6-10(7-12(9)16)19-13-4-2-3-11(15)14(13)17/h2-7,18H,8H2,1H3. The van der Waals surface area contributed by atoms with Gasteiger partial charge in [-0.2, -0.15) is 0 Å². The smallest absolute Gasteiger partial charge is 0.184 e. The van der Waals surface area contributed by atoms with E-state index in [1.807, 2.05) is 13.1 Å². The lowest BCUT2D eigenvalue weighted by Crippen LogP contribution is -2.05. The minimum absolute atomic E-state index is 0.0235. The zero-order valence-electron chi connectivity index (χ0n) is 10.2. The third-order valence-electron chi connectivity index (χ3n) is 2.54. The number of hydrogen-bond donors (Lipinski definition) is 1. The molecule has 2 nitrogen and oxygen atoms in total. The van der Waals surface area contributed by atoms with Crippen LogP contribution < -0.4 is 10.1 Å². The van der Waals surface area contributed by atoms with Crippen molar-refractivity contribution in [1.82, 2.24) is 5.32 Å². The van der Waals surface area contributed by atoms with Gasteiger partial charge in [0.2, 0.25) is 0 Å². The molecule has 0 heterocycles. The van der Waals surface area contributed by atoms with E-state index in [-0.39, 0.29) is 10.8 Å². The van der Waals surface area contributed by atoms with Gasteiger partial charge in [-0.1, -0.05) is 35.3 Å². The second-order valence-electron chi connectivity index (χ2n) is 3.94. The third kappa shape index (κ3) is 3.38. The second-order valence-corrected chi connectivity index (χ2v) is 4.75. The Hall–Kier alpha value is -1.29. The lowest BCUT2D eigenvalue weighted by atomic mass is 10.2. The van der Waals surface area contributed by atoms with E-state index in [0.29, 0.717) is 17.3 Å². The summed E-state index contributed by atoms with van der Waals surface area (Å²) < 4.78 is 19.1. The van der Waals surface area contributed by atoms with E-state index in [2.05, 4.69) is 5.32 Å². The normalized spacial score (nSPS) is 10.5. The molecule has 0 aliphatic carbocycles. The molecule has 0 amide bonds. The first kappa shape index (κ1) is 14.1. The average molecular weight is 300 g/mol. The summed E-state index contributed by atoms with van der Waals surface area (Å²) in [5, 5.41) is 3.60. The number of halogens is 3. The van der Waals surface area contributed by atoms with Gasteiger partial charge in [0, 0.05) is 11.6 Å². The van der Waals surface area contributed by atoms with Crippen molar-refractivity contribution >= 4 is 23.2 Å². The Kier molecular flexibility index (Phi) is 4.64. The minimum atomic E-state index is -0.584. The van der Waals surface area contributed by atoms with E-state index in [4.69, 9.17) is 27.9 Å². The molecule has 0 fully saturated rings. The molecular formula is C14H12Cl2FNO. The van der Waals surface area contributed by atoms with Gasteiger partial charge in [0.1, 0.15) is 5.75 Å². The first-order chi connectivity index (χ1) is 9.11. The van der Waals surface area contributed by atoms with Crippen LogP contribution in [0.5, 0.6) is 11.5 Å². The minimum Gasteiger partial charge on any atom is -0.454 e. The van der Waals surface area contributed by atoms with Crippen LogP contribution in [0.2, 0.25) is 10.0 Å². The first-order valence-corrected chi connectivity index (χ1v) is 6.42. The summed E-state index contributed by atoms with van der Waals surface area (Å²) >= 11 is 11.8. The zero-order valence-corrected chi connectivity index (χ0v) is 11.7. The van der Waals surface area contributed by atoms with E-state index < -0.39 is 5.82 Å². The fraction of sp³-hybridized carbons (Fsp3) is 0.143. The molecule has 0 unspecified atom stereocenters. The molecule has 0 aromatic heterocycles. The fourth-order valence-electron chi connectivity index (χ4n) is 1.62. The first-order valence-electron chi connectivity index (χ1n) is 5.66. The van der Waals surface area contributed by atoms with Crippen molar-refractivity contribution in [3.05, 3.63) is 57.8 Å². The van der Waals surface area contributed by atoms with Crippen molar-refractivity contribution < 1.29 is 9.13 Å². The van der Waals surface area contributed by atoms with Gasteiger partial charge in [-0.3, -0.25) is 0 Å². The van der Waals surface area contributed by atoms with E-state index in [1.165, 1.54) is 12.1 Å². The van der Waals surface area contributed by atoms with Crippen LogP contribution in [0.3, 0.4) is 0 Å². The van der Waals surface area contributed by atoms with Gasteiger partial charge in [-0.05, 0) is 36.9 Å². The Morgan fingerprint density at radius 1 is 1.16 bits per heavy atom. The number of rotatable bonds is 4. The maximum atomic E-state index is 13.7. The summed E-state index contributed by atoms with van der Waals surface area (Å²) in [5.41, 5.74) is 0.947. The third-order valence-corrected chi connectivity index (χ3v) is 3.18. The molecule has 19 heavy (non-hydrogen) atoms. The van der Waals surface area contributed by atoms with Crippen LogP contribution in [-0.2, 0) is 6.54 Å². The van der Waals surface area contributed by atoms with Crippen LogP contribution in [0.4, 0.5) is 4.39 Å². The van der Waals surface area contributed by atoms with Gasteiger partial charge < -0.3 is 10.1 Å². The SMILES string of the molecule is CNCc1ccc(Oc2cccc(Cl)c2F)cc1Cl. The number of nitrogens with one attached hydrogen (secondary N) is 1. The van der Waals surface area contributed by atoms with Gasteiger partial charge in [0.25, 0.3) is 0 Å². The topological polar surface area (TPSA) is 21.3 Å². The van der Waals surface area contributed by atoms with Gasteiger partial charge in [0.05, 0.1) is 5.02 Å². The summed E-state index contributed by atoms with van der Waals surface area (Å²) in [6.45, 7) is 0.657. The van der Waals surface area contributed by atoms with E-state index in [0.717, 1.165) is 5.56 Å². The predicted molar refractivity (Wildman–Crippen MR) is 75.7 cm³/mol. The monoisotopic (exact) mass is 299 g/mol. The highest BCUT2D eigenvalue weighted by Crippen LogP contribution is 2.30. The van der Waals surface area contributed by atoms with Gasteiger partial charge in [-0.25, -0.2) is 4.39 Å². The Balaban J connectivity index is 2.24. The highest BCUT2D eigenvalue weighted by atomic mass is 35.5. The molecule has 0 radical (unpaired) electrons. The van der Waals surface area contributed by atoms with Crippen molar-refractivity contribution in [3.8, 4) is 11.5 Å². The lowest BCUT2D eigenvalue weighted by Gasteiger charge is -2.09. The number of ether oxygens (including phenoxy) is 1. The van der Waals surface area contributed by atoms with Crippen LogP contribution >= 0.6 is 23.2 Å². The molecule has 0 bridgehead atoms. The molecule has 2 rings (SSSR count). The number of benzene rings is 2. The van der Waals surface area contributed by atoms with Crippen molar-refractivity contribution in [2.45, 2.75) is 6.54 Å². The summed E-state index contributed by atoms with van der Waals surface area (Å²) in [6.07, 6.45) is 0. The van der Waals surface area contributed by atoms with E-state index in [9.17, 15) is 4.39 Å². The largest absolute Gasteiger partial charge is 0.454 e. The Bertz CT molecular complexity index is 590. The molecule has 2 aromatic rings. The second kappa shape index (κ2) is 6.24. The van der Waals surface area contributed by atoms with Crippen molar-refractivity contribution in [2.24, 2.45) is 0 Å². The van der Waals surface area contributed by atoms with Gasteiger partial charge in [0.15, 0.2) is 11.6 Å². The molecule has 0 aliphatic heterocycles. The van der Waals surface area contributed by atoms with Crippen LogP contribution in [0.1, 0.15) is 5.56 Å². The van der Waals surface area contributed by atoms with E-state index >= 15 is 0 Å². The molecule has 0 atom stereocenters. The maximum Gasteiger partial charge on any atom is 0.184 e. The molecule has 1 N–H and O–H groups in total. The zero-order chi connectivity index (χ0) is 13.8. The molecule has 0 spiro atoms. The molecule has 0 aliphatic rings. The summed E-state index contributed by atoms with van der Waals surface area (Å²) in [4.78, 5) is 0. The van der Waals surface area contributed by atoms with Crippen LogP contribution in [0.15, 0.2) is 36.4 Å². The van der Waals surface area contributed by atoms with Crippen LogP contribution in [0, 0.1) is 5.82 Å². The fourth-order valence-corrected chi connectivity index (χ4v) is 2.02. The van der Waals surface area contributed by atoms with Crippen LogP contribution in [-0.4, -0.2) is 7.05 Å². The Morgan fingerprint density at radius 2 is 1.95 bits per heavy atom. The van der Waals surface area contributed by atoms with Crippen molar-refractivity contribution in [1.29, 1.82) is 0 Å². The summed E-state index contributed by atoms with van der Waals surface area (Å²) in [7, 11) is 1.84. The molecule has 5 heteroatoms. The molecule has 100 valence electrons. The van der Waals surface area contributed by atoms with Gasteiger partial charge in [-0.15, -0.1) is 0 Å². The average Bonchev–Trinajstić information content (AvgIpc) is 2.38. The predicted octanol–water partition coefficient (Wildman–Crippen LogP) is 4.64. The quantitative estimate of drug-likeness (QED) is 0.888. The molecule has 0 saturated carbocycles. The summed E-state index contributed by atoms with van der Waals surface area (Å²) in [5.74, 6) is -0.0458. The Labute approximate surface area is 121 Å². The van der Waals surface area contributed by atoms with E-state index in [1.54, 1.807) is 18.2 Å². The molecule has 2 aromatic carbocycles. The lowest BCUT2D eigenvalue weighted by molar-refractivity contribution is 0.442.